The van der Waals surface area contributed by atoms with Crippen LogP contribution in [0.4, 0.5) is 5.13 Å². The number of fused-ring (bicyclic) bond motifs is 1. The molecule has 0 saturated heterocycles. The van der Waals surface area contributed by atoms with Gasteiger partial charge in [-0.25, -0.2) is 4.98 Å². The van der Waals surface area contributed by atoms with Crippen molar-refractivity contribution < 1.29 is 9.53 Å². The molecule has 0 radical (unpaired) electrons. The highest BCUT2D eigenvalue weighted by Gasteiger charge is 2.30. The highest BCUT2D eigenvalue weighted by molar-refractivity contribution is 7.15. The summed E-state index contributed by atoms with van der Waals surface area (Å²) in [7, 11) is 1.64. The number of aryl methyl sites for hydroxylation is 1. The number of amides is 1. The molecule has 0 unspecified atom stereocenters. The third-order valence-corrected chi connectivity index (χ3v) is 5.97. The minimum absolute atomic E-state index is 0.0244. The maximum absolute atomic E-state index is 12.3. The Bertz CT molecular complexity index is 744. The number of thiazole rings is 1. The molecule has 1 aliphatic rings. The average molecular weight is 359 g/mol. The highest BCUT2D eigenvalue weighted by Crippen LogP contribution is 2.40. The summed E-state index contributed by atoms with van der Waals surface area (Å²) in [6, 6.07) is 7.58. The van der Waals surface area contributed by atoms with Crippen molar-refractivity contribution in [1.29, 1.82) is 0 Å². The molecule has 1 N–H and O–H groups in total. The first-order valence-corrected chi connectivity index (χ1v) is 9.58. The molecule has 1 heterocycles. The molecule has 4 nitrogen and oxygen atoms in total. The molecule has 1 aliphatic carbocycles. The van der Waals surface area contributed by atoms with Crippen LogP contribution in [0.3, 0.4) is 0 Å². The van der Waals surface area contributed by atoms with Gasteiger partial charge in [-0.2, -0.15) is 0 Å². The number of rotatable bonds is 4. The van der Waals surface area contributed by atoms with Gasteiger partial charge in [0.1, 0.15) is 5.75 Å². The van der Waals surface area contributed by atoms with Crippen LogP contribution in [0.2, 0.25) is 0 Å². The summed E-state index contributed by atoms with van der Waals surface area (Å²) in [5, 5.41) is 3.70. The molecule has 0 fully saturated rings. The standard InChI is InChI=1S/C20H26N2O2S/c1-20(2,3)14-7-10-16-17(12-14)25-19(21-16)22-18(23)11-13-5-8-15(24-4)9-6-13/h5-6,8-9,14H,7,10-12H2,1-4H3,(H,21,22,23)/t14-/m1/s1. The summed E-state index contributed by atoms with van der Waals surface area (Å²) in [6.45, 7) is 6.92. The van der Waals surface area contributed by atoms with E-state index in [1.807, 2.05) is 24.3 Å². The van der Waals surface area contributed by atoms with Crippen molar-refractivity contribution in [3.05, 3.63) is 40.4 Å². The number of nitrogens with one attached hydrogen (secondary N) is 1. The van der Waals surface area contributed by atoms with Gasteiger partial charge in [-0.05, 0) is 48.3 Å². The maximum atomic E-state index is 12.3. The lowest BCUT2D eigenvalue weighted by atomic mass is 9.73. The average Bonchev–Trinajstić information content (AvgIpc) is 2.95. The SMILES string of the molecule is COc1ccc(CC(=O)Nc2nc3c(s2)C[C@H](C(C)(C)C)CC3)cc1. The van der Waals surface area contributed by atoms with E-state index in [2.05, 4.69) is 31.1 Å². The third-order valence-electron chi connectivity index (χ3n) is 4.93. The van der Waals surface area contributed by atoms with E-state index in [0.29, 0.717) is 17.8 Å². The number of ether oxygens (including phenoxy) is 1. The maximum Gasteiger partial charge on any atom is 0.230 e. The van der Waals surface area contributed by atoms with Crippen LogP contribution in [-0.2, 0) is 24.1 Å². The Hall–Kier alpha value is -1.88. The molecule has 134 valence electrons. The van der Waals surface area contributed by atoms with Gasteiger partial charge in [0.15, 0.2) is 5.13 Å². The zero-order chi connectivity index (χ0) is 18.0. The summed E-state index contributed by atoms with van der Waals surface area (Å²) in [5.41, 5.74) is 2.46. The molecule has 0 aliphatic heterocycles. The number of carbonyl (C=O) groups excluding carboxylic acids is 1. The van der Waals surface area contributed by atoms with Crippen LogP contribution in [0.5, 0.6) is 5.75 Å². The molecule has 2 aromatic rings. The van der Waals surface area contributed by atoms with Crippen LogP contribution in [0.25, 0.3) is 0 Å². The van der Waals surface area contributed by atoms with Crippen LogP contribution in [0.15, 0.2) is 24.3 Å². The largest absolute Gasteiger partial charge is 0.497 e. The van der Waals surface area contributed by atoms with Crippen molar-refractivity contribution in [3.8, 4) is 5.75 Å². The van der Waals surface area contributed by atoms with Gasteiger partial charge >= 0.3 is 0 Å². The van der Waals surface area contributed by atoms with Gasteiger partial charge < -0.3 is 10.1 Å². The monoisotopic (exact) mass is 358 g/mol. The second-order valence-corrected chi connectivity index (χ2v) is 8.85. The molecule has 5 heteroatoms. The van der Waals surface area contributed by atoms with E-state index >= 15 is 0 Å². The Morgan fingerprint density at radius 3 is 2.68 bits per heavy atom. The number of hydrogen-bond acceptors (Lipinski definition) is 4. The van der Waals surface area contributed by atoms with Gasteiger partial charge in [0.05, 0.1) is 19.2 Å². The normalized spacial score (nSPS) is 17.0. The molecule has 1 atom stereocenters. The Balaban J connectivity index is 1.62. The molecule has 1 amide bonds. The first-order chi connectivity index (χ1) is 11.8. The minimum Gasteiger partial charge on any atom is -0.497 e. The van der Waals surface area contributed by atoms with Crippen molar-refractivity contribution >= 4 is 22.4 Å². The number of hydrogen-bond donors (Lipinski definition) is 1. The van der Waals surface area contributed by atoms with Gasteiger partial charge in [0, 0.05) is 4.88 Å². The quantitative estimate of drug-likeness (QED) is 0.876. The van der Waals surface area contributed by atoms with Crippen LogP contribution >= 0.6 is 11.3 Å². The molecule has 0 saturated carbocycles. The Kier molecular flexibility index (Phi) is 5.13. The lowest BCUT2D eigenvalue weighted by molar-refractivity contribution is -0.115. The van der Waals surface area contributed by atoms with Crippen molar-refractivity contribution in [2.75, 3.05) is 12.4 Å². The van der Waals surface area contributed by atoms with Gasteiger partial charge in [-0.3, -0.25) is 4.79 Å². The molecule has 3 rings (SSSR count). The lowest BCUT2D eigenvalue weighted by Gasteiger charge is -2.33. The molecule has 1 aromatic heterocycles. The summed E-state index contributed by atoms with van der Waals surface area (Å²) < 4.78 is 5.14. The molecular weight excluding hydrogens is 332 g/mol. The lowest BCUT2D eigenvalue weighted by Crippen LogP contribution is -2.26. The summed E-state index contributed by atoms with van der Waals surface area (Å²) >= 11 is 1.64. The summed E-state index contributed by atoms with van der Waals surface area (Å²) in [5.74, 6) is 1.46. The van der Waals surface area contributed by atoms with Crippen LogP contribution in [0, 0.1) is 11.3 Å². The third kappa shape index (κ3) is 4.40. The highest BCUT2D eigenvalue weighted by atomic mass is 32.1. The summed E-state index contributed by atoms with van der Waals surface area (Å²) in [6.07, 6.45) is 3.62. The Morgan fingerprint density at radius 1 is 1.32 bits per heavy atom. The first kappa shape index (κ1) is 17.9. The predicted octanol–water partition coefficient (Wildman–Crippen LogP) is 4.48. The number of nitrogens with zero attached hydrogens (tertiary/aromatic N) is 1. The van der Waals surface area contributed by atoms with E-state index in [1.54, 1.807) is 18.4 Å². The van der Waals surface area contributed by atoms with E-state index < -0.39 is 0 Å². The smallest absolute Gasteiger partial charge is 0.230 e. The van der Waals surface area contributed by atoms with Gasteiger partial charge in [0.25, 0.3) is 0 Å². The number of carbonyl (C=O) groups is 1. The fourth-order valence-corrected chi connectivity index (χ4v) is 4.36. The van der Waals surface area contributed by atoms with Gasteiger partial charge in [0.2, 0.25) is 5.91 Å². The zero-order valence-corrected chi connectivity index (χ0v) is 16.2. The van der Waals surface area contributed by atoms with Crippen molar-refractivity contribution in [3.63, 3.8) is 0 Å². The predicted molar refractivity (Wildman–Crippen MR) is 102 cm³/mol. The Morgan fingerprint density at radius 2 is 2.04 bits per heavy atom. The first-order valence-electron chi connectivity index (χ1n) is 8.76. The number of benzene rings is 1. The van der Waals surface area contributed by atoms with E-state index in [9.17, 15) is 4.79 Å². The second-order valence-electron chi connectivity index (χ2n) is 7.77. The molecule has 1 aromatic carbocycles. The van der Waals surface area contributed by atoms with Gasteiger partial charge in [-0.15, -0.1) is 11.3 Å². The van der Waals surface area contributed by atoms with Crippen molar-refractivity contribution in [2.45, 2.75) is 46.5 Å². The number of methoxy groups -OCH3 is 1. The van der Waals surface area contributed by atoms with Crippen LogP contribution < -0.4 is 10.1 Å². The molecule has 0 bridgehead atoms. The second kappa shape index (κ2) is 7.16. The molecule has 0 spiro atoms. The van der Waals surface area contributed by atoms with Crippen LogP contribution in [-0.4, -0.2) is 18.0 Å². The van der Waals surface area contributed by atoms with Crippen LogP contribution in [0.1, 0.15) is 43.3 Å². The zero-order valence-electron chi connectivity index (χ0n) is 15.4. The van der Waals surface area contributed by atoms with E-state index in [4.69, 9.17) is 4.74 Å². The molecule has 25 heavy (non-hydrogen) atoms. The fraction of sp³-hybridized carbons (Fsp3) is 0.500. The topological polar surface area (TPSA) is 51.2 Å². The number of aromatic nitrogens is 1. The van der Waals surface area contributed by atoms with E-state index in [1.165, 1.54) is 17.0 Å². The van der Waals surface area contributed by atoms with E-state index in [-0.39, 0.29) is 5.91 Å². The van der Waals surface area contributed by atoms with Gasteiger partial charge in [-0.1, -0.05) is 32.9 Å². The fourth-order valence-electron chi connectivity index (χ4n) is 3.26. The number of anilines is 1. The minimum atomic E-state index is -0.0244. The Labute approximate surface area is 153 Å². The summed E-state index contributed by atoms with van der Waals surface area (Å²) in [4.78, 5) is 18.3. The van der Waals surface area contributed by atoms with Crippen molar-refractivity contribution in [2.24, 2.45) is 11.3 Å². The molecular formula is C20H26N2O2S. The van der Waals surface area contributed by atoms with Crippen molar-refractivity contribution in [1.82, 2.24) is 4.98 Å². The van der Waals surface area contributed by atoms with E-state index in [0.717, 1.165) is 29.3 Å².